The second-order valence-electron chi connectivity index (χ2n) is 5.54. The molecule has 26 heavy (non-hydrogen) atoms. The van der Waals surface area contributed by atoms with Crippen LogP contribution in [-0.2, 0) is 9.53 Å². The SMILES string of the molecule is C[C@@H](OC(=O)c1cccc2cccnc12)C(=O)Nc1ccc(F)cc1F. The van der Waals surface area contributed by atoms with E-state index >= 15 is 0 Å². The van der Waals surface area contributed by atoms with Crippen LogP contribution in [0.25, 0.3) is 10.9 Å². The predicted octanol–water partition coefficient (Wildman–Crippen LogP) is 3.70. The fourth-order valence-corrected chi connectivity index (χ4v) is 2.37. The van der Waals surface area contributed by atoms with E-state index in [1.54, 1.807) is 36.5 Å². The molecule has 2 aromatic carbocycles. The zero-order chi connectivity index (χ0) is 18.7. The van der Waals surface area contributed by atoms with Gasteiger partial charge in [0.15, 0.2) is 6.10 Å². The van der Waals surface area contributed by atoms with Crippen molar-refractivity contribution in [1.82, 2.24) is 4.98 Å². The Balaban J connectivity index is 1.73. The van der Waals surface area contributed by atoms with E-state index in [-0.39, 0.29) is 11.3 Å². The van der Waals surface area contributed by atoms with Crippen LogP contribution in [0.2, 0.25) is 0 Å². The number of nitrogens with one attached hydrogen (secondary N) is 1. The smallest absolute Gasteiger partial charge is 0.341 e. The zero-order valence-electron chi connectivity index (χ0n) is 13.7. The van der Waals surface area contributed by atoms with Gasteiger partial charge in [0, 0.05) is 17.6 Å². The summed E-state index contributed by atoms with van der Waals surface area (Å²) in [7, 11) is 0. The Morgan fingerprint density at radius 1 is 1.12 bits per heavy atom. The molecule has 5 nitrogen and oxygen atoms in total. The lowest BCUT2D eigenvalue weighted by Crippen LogP contribution is -2.30. The minimum Gasteiger partial charge on any atom is -0.449 e. The van der Waals surface area contributed by atoms with Crippen LogP contribution in [-0.4, -0.2) is 23.0 Å². The molecule has 3 rings (SSSR count). The molecule has 1 heterocycles. The van der Waals surface area contributed by atoms with E-state index in [1.807, 2.05) is 0 Å². The lowest BCUT2D eigenvalue weighted by atomic mass is 10.1. The lowest BCUT2D eigenvalue weighted by molar-refractivity contribution is -0.123. The van der Waals surface area contributed by atoms with Crippen molar-refractivity contribution in [2.75, 3.05) is 5.32 Å². The maximum atomic E-state index is 13.6. The van der Waals surface area contributed by atoms with E-state index in [0.717, 1.165) is 17.5 Å². The van der Waals surface area contributed by atoms with Crippen molar-refractivity contribution in [2.24, 2.45) is 0 Å². The molecule has 132 valence electrons. The van der Waals surface area contributed by atoms with Crippen molar-refractivity contribution in [3.8, 4) is 0 Å². The number of carbonyl (C=O) groups is 2. The molecule has 0 aliphatic heterocycles. The molecule has 0 aliphatic carbocycles. The van der Waals surface area contributed by atoms with Gasteiger partial charge in [-0.2, -0.15) is 0 Å². The molecule has 1 N–H and O–H groups in total. The summed E-state index contributed by atoms with van der Waals surface area (Å²) in [6, 6.07) is 11.3. The number of hydrogen-bond donors (Lipinski definition) is 1. The third kappa shape index (κ3) is 3.66. The topological polar surface area (TPSA) is 68.3 Å². The number of fused-ring (bicyclic) bond motifs is 1. The first-order chi connectivity index (χ1) is 12.5. The van der Waals surface area contributed by atoms with E-state index in [2.05, 4.69) is 10.3 Å². The number of pyridine rings is 1. The van der Waals surface area contributed by atoms with Crippen molar-refractivity contribution in [2.45, 2.75) is 13.0 Å². The predicted molar refractivity (Wildman–Crippen MR) is 91.6 cm³/mol. The van der Waals surface area contributed by atoms with Gasteiger partial charge in [-0.1, -0.05) is 18.2 Å². The Bertz CT molecular complexity index is 986. The lowest BCUT2D eigenvalue weighted by Gasteiger charge is -2.14. The highest BCUT2D eigenvalue weighted by Crippen LogP contribution is 2.18. The number of nitrogens with zero attached hydrogens (tertiary/aromatic N) is 1. The van der Waals surface area contributed by atoms with Gasteiger partial charge in [0.1, 0.15) is 11.6 Å². The van der Waals surface area contributed by atoms with E-state index in [4.69, 9.17) is 4.74 Å². The van der Waals surface area contributed by atoms with Crippen molar-refractivity contribution < 1.29 is 23.1 Å². The number of aromatic nitrogens is 1. The first-order valence-electron chi connectivity index (χ1n) is 7.76. The van der Waals surface area contributed by atoms with Gasteiger partial charge in [0.2, 0.25) is 0 Å². The van der Waals surface area contributed by atoms with Gasteiger partial charge in [0.25, 0.3) is 5.91 Å². The van der Waals surface area contributed by atoms with Gasteiger partial charge in [-0.3, -0.25) is 9.78 Å². The standard InChI is InChI=1S/C19H14F2N2O3/c1-11(18(24)23-16-8-7-13(20)10-15(16)21)26-19(25)14-6-2-4-12-5-3-9-22-17(12)14/h2-11H,1H3,(H,23,24)/t11-/m1/s1. The summed E-state index contributed by atoms with van der Waals surface area (Å²) in [5.74, 6) is -3.15. The fourth-order valence-electron chi connectivity index (χ4n) is 2.37. The molecule has 1 aromatic heterocycles. The van der Waals surface area contributed by atoms with Gasteiger partial charge in [-0.25, -0.2) is 13.6 Å². The highest BCUT2D eigenvalue weighted by Gasteiger charge is 2.21. The number of halogens is 2. The Hall–Kier alpha value is -3.35. The van der Waals surface area contributed by atoms with Gasteiger partial charge < -0.3 is 10.1 Å². The molecule has 0 fully saturated rings. The van der Waals surface area contributed by atoms with Gasteiger partial charge in [0.05, 0.1) is 16.8 Å². The molecule has 1 atom stereocenters. The molecule has 0 saturated carbocycles. The van der Waals surface area contributed by atoms with Crippen LogP contribution in [0, 0.1) is 11.6 Å². The normalized spacial score (nSPS) is 11.8. The number of amides is 1. The monoisotopic (exact) mass is 356 g/mol. The Morgan fingerprint density at radius 2 is 1.88 bits per heavy atom. The number of para-hydroxylation sites is 1. The zero-order valence-corrected chi connectivity index (χ0v) is 13.7. The number of carbonyl (C=O) groups excluding carboxylic acids is 2. The molecule has 0 spiro atoms. The molecule has 1 amide bonds. The number of anilines is 1. The molecule has 0 bridgehead atoms. The van der Waals surface area contributed by atoms with Crippen LogP contribution in [0.3, 0.4) is 0 Å². The Kier molecular flexibility index (Phi) is 4.88. The van der Waals surface area contributed by atoms with E-state index in [0.29, 0.717) is 11.6 Å². The maximum absolute atomic E-state index is 13.6. The number of rotatable bonds is 4. The van der Waals surface area contributed by atoms with Crippen LogP contribution in [0.5, 0.6) is 0 Å². The third-order valence-corrected chi connectivity index (χ3v) is 3.69. The summed E-state index contributed by atoms with van der Waals surface area (Å²) in [5.41, 5.74) is 0.471. The van der Waals surface area contributed by atoms with Crippen LogP contribution < -0.4 is 5.32 Å². The van der Waals surface area contributed by atoms with Crippen LogP contribution in [0.15, 0.2) is 54.7 Å². The quantitative estimate of drug-likeness (QED) is 0.724. The summed E-state index contributed by atoms with van der Waals surface area (Å²) in [6.45, 7) is 1.35. The number of hydrogen-bond acceptors (Lipinski definition) is 4. The summed E-state index contributed by atoms with van der Waals surface area (Å²) in [5, 5.41) is 3.01. The minimum atomic E-state index is -1.19. The molecule has 3 aromatic rings. The minimum absolute atomic E-state index is 0.203. The second kappa shape index (κ2) is 7.26. The second-order valence-corrected chi connectivity index (χ2v) is 5.54. The molecular formula is C19H14F2N2O3. The van der Waals surface area contributed by atoms with Gasteiger partial charge in [-0.15, -0.1) is 0 Å². The number of benzene rings is 2. The average Bonchev–Trinajstić information content (AvgIpc) is 2.63. The summed E-state index contributed by atoms with van der Waals surface area (Å²) >= 11 is 0. The van der Waals surface area contributed by atoms with Crippen LogP contribution in [0.1, 0.15) is 17.3 Å². The van der Waals surface area contributed by atoms with Gasteiger partial charge >= 0.3 is 5.97 Å². The van der Waals surface area contributed by atoms with E-state index < -0.39 is 29.6 Å². The highest BCUT2D eigenvalue weighted by molar-refractivity contribution is 6.04. The fraction of sp³-hybridized carbons (Fsp3) is 0.105. The Morgan fingerprint density at radius 3 is 2.65 bits per heavy atom. The van der Waals surface area contributed by atoms with Gasteiger partial charge in [-0.05, 0) is 31.2 Å². The molecule has 0 unspecified atom stereocenters. The number of ether oxygens (including phenoxy) is 1. The van der Waals surface area contributed by atoms with Crippen molar-refractivity contribution in [1.29, 1.82) is 0 Å². The van der Waals surface area contributed by atoms with Crippen LogP contribution in [0.4, 0.5) is 14.5 Å². The third-order valence-electron chi connectivity index (χ3n) is 3.69. The molecule has 7 heteroatoms. The van der Waals surface area contributed by atoms with Crippen molar-refractivity contribution >= 4 is 28.5 Å². The molecule has 0 radical (unpaired) electrons. The first kappa shape index (κ1) is 17.5. The summed E-state index contributed by atoms with van der Waals surface area (Å²) < 4.78 is 31.7. The summed E-state index contributed by atoms with van der Waals surface area (Å²) in [6.07, 6.45) is 0.359. The van der Waals surface area contributed by atoms with E-state index in [1.165, 1.54) is 6.92 Å². The number of esters is 1. The molecule has 0 aliphatic rings. The highest BCUT2D eigenvalue weighted by atomic mass is 19.1. The van der Waals surface area contributed by atoms with Crippen LogP contribution >= 0.6 is 0 Å². The average molecular weight is 356 g/mol. The molecule has 0 saturated heterocycles. The van der Waals surface area contributed by atoms with E-state index in [9.17, 15) is 18.4 Å². The maximum Gasteiger partial charge on any atom is 0.341 e. The van der Waals surface area contributed by atoms with Crippen molar-refractivity contribution in [3.05, 3.63) is 71.9 Å². The largest absolute Gasteiger partial charge is 0.449 e. The first-order valence-corrected chi connectivity index (χ1v) is 7.76. The Labute approximate surface area is 147 Å². The van der Waals surface area contributed by atoms with Crippen molar-refractivity contribution in [3.63, 3.8) is 0 Å². The summed E-state index contributed by atoms with van der Waals surface area (Å²) in [4.78, 5) is 28.6. The molecular weight excluding hydrogens is 342 g/mol.